The predicted molar refractivity (Wildman–Crippen MR) is 102 cm³/mol. The van der Waals surface area contributed by atoms with Gasteiger partial charge in [0.2, 0.25) is 0 Å². The van der Waals surface area contributed by atoms with Crippen LogP contribution < -0.4 is 5.32 Å². The van der Waals surface area contributed by atoms with E-state index in [1.807, 2.05) is 0 Å². The molecule has 1 N–H and O–H groups in total. The maximum atomic E-state index is 13.1. The van der Waals surface area contributed by atoms with Crippen molar-refractivity contribution >= 4 is 36.4 Å². The van der Waals surface area contributed by atoms with E-state index in [2.05, 4.69) is 24.1 Å². The molecule has 0 radical (unpaired) electrons. The molecule has 1 fully saturated rings. The molecule has 0 saturated carbocycles. The van der Waals surface area contributed by atoms with E-state index >= 15 is 0 Å². The summed E-state index contributed by atoms with van der Waals surface area (Å²) in [5.41, 5.74) is 0.0112. The van der Waals surface area contributed by atoms with Crippen LogP contribution in [0.5, 0.6) is 0 Å². The lowest BCUT2D eigenvalue weighted by Gasteiger charge is -2.36. The molecule has 0 bridgehead atoms. The highest BCUT2D eigenvalue weighted by molar-refractivity contribution is 6.30. The molecule has 1 saturated heterocycles. The first-order valence-electron chi connectivity index (χ1n) is 8.10. The van der Waals surface area contributed by atoms with Crippen LogP contribution in [0.15, 0.2) is 18.2 Å². The molecule has 0 amide bonds. The molecule has 1 aromatic rings. The summed E-state index contributed by atoms with van der Waals surface area (Å²) in [6.45, 7) is 7.69. The lowest BCUT2D eigenvalue weighted by atomic mass is 9.94. The fraction of sp³-hybridized carbons (Fsp3) is 0.647. The first kappa shape index (κ1) is 24.8. The molecule has 1 aliphatic heterocycles. The second-order valence-corrected chi connectivity index (χ2v) is 6.98. The maximum Gasteiger partial charge on any atom is 0.416 e. The van der Waals surface area contributed by atoms with Crippen molar-refractivity contribution in [1.29, 1.82) is 0 Å². The largest absolute Gasteiger partial charge is 0.416 e. The summed E-state index contributed by atoms with van der Waals surface area (Å²) in [6.07, 6.45) is -2.55. The van der Waals surface area contributed by atoms with Gasteiger partial charge in [0, 0.05) is 37.2 Å². The molecule has 0 spiro atoms. The summed E-state index contributed by atoms with van der Waals surface area (Å²) in [6, 6.07) is 3.93. The summed E-state index contributed by atoms with van der Waals surface area (Å²) in [7, 11) is 0. The van der Waals surface area contributed by atoms with Crippen LogP contribution in [0.1, 0.15) is 43.9 Å². The standard InChI is InChI=1S/C17H24ClF3N2.2ClH/c1-12(2)3-4-16(23-7-5-22-6-8-23)13-9-14(17(19,20)21)11-15(18)10-13;;/h9-12,16,22H,3-8H2,1-2H3;2*1H/t16-;;/m1../s1. The van der Waals surface area contributed by atoms with Crippen LogP contribution in [0.2, 0.25) is 5.02 Å². The minimum Gasteiger partial charge on any atom is -0.314 e. The Kier molecular flexibility index (Phi) is 10.7. The molecule has 1 aromatic carbocycles. The third-order valence-electron chi connectivity index (χ3n) is 4.24. The molecular formula is C17H26Cl3F3N2. The number of hydrogen-bond acceptors (Lipinski definition) is 2. The fourth-order valence-corrected chi connectivity index (χ4v) is 3.26. The number of nitrogens with one attached hydrogen (secondary N) is 1. The number of alkyl halides is 3. The summed E-state index contributed by atoms with van der Waals surface area (Å²) in [4.78, 5) is 2.27. The molecule has 2 nitrogen and oxygen atoms in total. The van der Waals surface area contributed by atoms with E-state index in [9.17, 15) is 13.2 Å². The monoisotopic (exact) mass is 420 g/mol. The van der Waals surface area contributed by atoms with E-state index in [-0.39, 0.29) is 35.9 Å². The van der Waals surface area contributed by atoms with Crippen molar-refractivity contribution in [2.45, 2.75) is 38.9 Å². The summed E-state index contributed by atoms with van der Waals surface area (Å²) in [5.74, 6) is 0.515. The van der Waals surface area contributed by atoms with E-state index in [0.29, 0.717) is 11.5 Å². The second-order valence-electron chi connectivity index (χ2n) is 6.54. The summed E-state index contributed by atoms with van der Waals surface area (Å²) < 4.78 is 39.3. The average molecular weight is 422 g/mol. The summed E-state index contributed by atoms with van der Waals surface area (Å²) in [5, 5.41) is 3.44. The van der Waals surface area contributed by atoms with Crippen LogP contribution in [0.25, 0.3) is 0 Å². The van der Waals surface area contributed by atoms with Crippen molar-refractivity contribution in [2.75, 3.05) is 26.2 Å². The van der Waals surface area contributed by atoms with Crippen molar-refractivity contribution in [3.05, 3.63) is 34.3 Å². The zero-order chi connectivity index (χ0) is 17.0. The molecule has 146 valence electrons. The predicted octanol–water partition coefficient (Wildman–Crippen LogP) is 5.58. The molecular weight excluding hydrogens is 396 g/mol. The number of benzene rings is 1. The normalized spacial score (nSPS) is 16.9. The van der Waals surface area contributed by atoms with Gasteiger partial charge in [0.05, 0.1) is 5.56 Å². The minimum atomic E-state index is -4.37. The number of rotatable bonds is 5. The fourth-order valence-electron chi connectivity index (χ4n) is 3.01. The first-order valence-corrected chi connectivity index (χ1v) is 8.47. The van der Waals surface area contributed by atoms with E-state index in [4.69, 9.17) is 11.6 Å². The van der Waals surface area contributed by atoms with Crippen LogP contribution in [-0.4, -0.2) is 31.1 Å². The Labute approximate surface area is 165 Å². The molecule has 0 aromatic heterocycles. The van der Waals surface area contributed by atoms with Crippen molar-refractivity contribution in [1.82, 2.24) is 10.2 Å². The maximum absolute atomic E-state index is 13.1. The van der Waals surface area contributed by atoms with Gasteiger partial charge < -0.3 is 5.32 Å². The smallest absolute Gasteiger partial charge is 0.314 e. The van der Waals surface area contributed by atoms with Gasteiger partial charge in [-0.2, -0.15) is 13.2 Å². The van der Waals surface area contributed by atoms with E-state index in [0.717, 1.165) is 45.1 Å². The highest BCUT2D eigenvalue weighted by atomic mass is 35.5. The molecule has 2 rings (SSSR count). The first-order chi connectivity index (χ1) is 10.8. The molecule has 8 heteroatoms. The van der Waals surface area contributed by atoms with Crippen LogP contribution in [-0.2, 0) is 6.18 Å². The number of nitrogens with zero attached hydrogens (tertiary/aromatic N) is 1. The van der Waals surface area contributed by atoms with Gasteiger partial charge in [-0.3, -0.25) is 4.90 Å². The number of piperazine rings is 1. The van der Waals surface area contributed by atoms with Gasteiger partial charge in [0.25, 0.3) is 0 Å². The summed E-state index contributed by atoms with van der Waals surface area (Å²) >= 11 is 5.97. The molecule has 1 aliphatic rings. The second kappa shape index (κ2) is 10.8. The molecule has 25 heavy (non-hydrogen) atoms. The zero-order valence-corrected chi connectivity index (χ0v) is 16.8. The van der Waals surface area contributed by atoms with Crippen molar-refractivity contribution in [2.24, 2.45) is 5.92 Å². The Balaban J connectivity index is 0.00000288. The highest BCUT2D eigenvalue weighted by Crippen LogP contribution is 2.36. The van der Waals surface area contributed by atoms with Crippen LogP contribution in [0.3, 0.4) is 0 Å². The van der Waals surface area contributed by atoms with Crippen LogP contribution in [0, 0.1) is 5.92 Å². The van der Waals surface area contributed by atoms with Gasteiger partial charge in [-0.25, -0.2) is 0 Å². The lowest BCUT2D eigenvalue weighted by molar-refractivity contribution is -0.137. The Morgan fingerprint density at radius 2 is 1.68 bits per heavy atom. The van der Waals surface area contributed by atoms with Crippen LogP contribution >= 0.6 is 36.4 Å². The molecule has 1 atom stereocenters. The van der Waals surface area contributed by atoms with Crippen LogP contribution in [0.4, 0.5) is 13.2 Å². The lowest BCUT2D eigenvalue weighted by Crippen LogP contribution is -2.45. The van der Waals surface area contributed by atoms with Gasteiger partial charge in [-0.15, -0.1) is 24.8 Å². The Bertz CT molecular complexity index is 518. The van der Waals surface area contributed by atoms with Gasteiger partial charge in [0.15, 0.2) is 0 Å². The van der Waals surface area contributed by atoms with Gasteiger partial charge in [-0.05, 0) is 42.5 Å². The zero-order valence-electron chi connectivity index (χ0n) is 14.4. The third-order valence-corrected chi connectivity index (χ3v) is 4.46. The Morgan fingerprint density at radius 1 is 1.08 bits per heavy atom. The molecule has 1 heterocycles. The quantitative estimate of drug-likeness (QED) is 0.667. The van der Waals surface area contributed by atoms with E-state index in [1.165, 1.54) is 6.07 Å². The van der Waals surface area contributed by atoms with E-state index < -0.39 is 11.7 Å². The third kappa shape index (κ3) is 7.51. The van der Waals surface area contributed by atoms with Gasteiger partial charge in [-0.1, -0.05) is 25.4 Å². The number of hydrogen-bond donors (Lipinski definition) is 1. The highest BCUT2D eigenvalue weighted by Gasteiger charge is 2.32. The van der Waals surface area contributed by atoms with Gasteiger partial charge in [0.1, 0.15) is 0 Å². The van der Waals surface area contributed by atoms with E-state index in [1.54, 1.807) is 6.07 Å². The van der Waals surface area contributed by atoms with Gasteiger partial charge >= 0.3 is 6.18 Å². The minimum absolute atomic E-state index is 0. The van der Waals surface area contributed by atoms with Crippen molar-refractivity contribution < 1.29 is 13.2 Å². The topological polar surface area (TPSA) is 15.3 Å². The average Bonchev–Trinajstić information content (AvgIpc) is 2.47. The molecule has 0 unspecified atom stereocenters. The van der Waals surface area contributed by atoms with Crippen molar-refractivity contribution in [3.63, 3.8) is 0 Å². The SMILES string of the molecule is CC(C)CC[C@H](c1cc(Cl)cc(C(F)(F)F)c1)N1CCNCC1.Cl.Cl. The van der Waals surface area contributed by atoms with Crippen molar-refractivity contribution in [3.8, 4) is 0 Å². The number of halogens is 6. The Morgan fingerprint density at radius 3 is 2.20 bits per heavy atom. The molecule has 0 aliphatic carbocycles. The Hall–Kier alpha value is -0.200.